The van der Waals surface area contributed by atoms with Crippen LogP contribution in [0, 0.1) is 57.3 Å². The van der Waals surface area contributed by atoms with Gasteiger partial charge < -0.3 is 4.74 Å². The van der Waals surface area contributed by atoms with Crippen LogP contribution in [-0.4, -0.2) is 30.3 Å². The number of rotatable bonds is 3. The number of benzene rings is 2. The van der Waals surface area contributed by atoms with E-state index < -0.39 is 27.6 Å². The van der Waals surface area contributed by atoms with Gasteiger partial charge in [0.2, 0.25) is 10.0 Å². The summed E-state index contributed by atoms with van der Waals surface area (Å²) < 4.78 is 33.8. The Morgan fingerprint density at radius 2 is 1.53 bits per heavy atom. The van der Waals surface area contributed by atoms with Crippen molar-refractivity contribution in [3.63, 3.8) is 0 Å². The molecule has 194 valence electrons. The summed E-state index contributed by atoms with van der Waals surface area (Å²) in [4.78, 5) is 10.5. The zero-order valence-electron chi connectivity index (χ0n) is 22.1. The number of nitrogens with zero attached hydrogens (tertiary/aromatic N) is 1. The van der Waals surface area contributed by atoms with E-state index in [4.69, 9.17) is 11.6 Å². The van der Waals surface area contributed by atoms with E-state index in [1.165, 1.54) is 0 Å². The molecule has 2 unspecified atom stereocenters. The Morgan fingerprint density at radius 3 is 1.94 bits per heavy atom. The molecule has 3 rings (SSSR count). The van der Waals surface area contributed by atoms with E-state index >= 15 is 0 Å². The number of ether oxygens (including phenoxy) is 1. The monoisotopic (exact) mass is 755 g/mol. The van der Waals surface area contributed by atoms with Crippen molar-refractivity contribution in [2.24, 2.45) is 5.41 Å². The van der Waals surface area contributed by atoms with Gasteiger partial charge in [0.05, 0.1) is 4.90 Å². The van der Waals surface area contributed by atoms with E-state index in [1.807, 2.05) is 58.0 Å². The fraction of sp³-hybridized carbons (Fsp3) is 0.393. The van der Waals surface area contributed by atoms with Crippen LogP contribution in [0.5, 0.6) is 0 Å². The van der Waals surface area contributed by atoms with Crippen LogP contribution in [0.2, 0.25) is 5.02 Å². The van der Waals surface area contributed by atoms with Crippen LogP contribution in [0.15, 0.2) is 65.1 Å². The molecule has 8 heteroatoms. The van der Waals surface area contributed by atoms with Crippen LogP contribution >= 0.6 is 11.6 Å². The van der Waals surface area contributed by atoms with Gasteiger partial charge in [0.15, 0.2) is 5.97 Å². The average molecular weight is 756 g/mol. The summed E-state index contributed by atoms with van der Waals surface area (Å²) in [7, 11) is -3.73. The molecule has 36 heavy (non-hydrogen) atoms. The van der Waals surface area contributed by atoms with Gasteiger partial charge in [0.1, 0.15) is 5.60 Å². The van der Waals surface area contributed by atoms with Gasteiger partial charge in [-0.15, -0.1) is 0 Å². The topological polar surface area (TPSA) is 63.7 Å². The molecule has 0 amide bonds. The second-order valence-corrected chi connectivity index (χ2v) is 12.9. The summed E-state index contributed by atoms with van der Waals surface area (Å²) in [6, 6.07) is 13.7. The van der Waals surface area contributed by atoms with Crippen molar-refractivity contribution in [1.29, 1.82) is 0 Å². The van der Waals surface area contributed by atoms with Crippen molar-refractivity contribution in [3.8, 4) is 0 Å². The molecule has 0 bridgehead atoms. The first kappa shape index (κ1) is 32.7. The summed E-state index contributed by atoms with van der Waals surface area (Å²) in [6.07, 6.45) is 1.98. The molecule has 0 aliphatic carbocycles. The molecule has 2 atom stereocenters. The second-order valence-electron chi connectivity index (χ2n) is 10.7. The van der Waals surface area contributed by atoms with Crippen molar-refractivity contribution in [2.45, 2.75) is 71.0 Å². The number of halogens is 1. The number of carbonyl (C=O) groups is 1. The maximum Gasteiger partial charge on any atom is 2.00 e. The van der Waals surface area contributed by atoms with Crippen LogP contribution in [0.4, 0.5) is 0 Å². The minimum Gasteiger partial charge on any atom is -0.483 e. The number of hydrogen-bond donors (Lipinski definition) is 0. The quantitative estimate of drug-likeness (QED) is 0.258. The smallest absolute Gasteiger partial charge is 0.483 e. The molecule has 1 aliphatic rings. The summed E-state index contributed by atoms with van der Waals surface area (Å²) in [5.74, 6) is -0.475. The van der Waals surface area contributed by atoms with E-state index in [2.05, 4.69) is 18.6 Å². The Bertz CT molecular complexity index is 1180. The van der Waals surface area contributed by atoms with E-state index in [0.29, 0.717) is 9.92 Å². The van der Waals surface area contributed by atoms with Crippen molar-refractivity contribution >= 4 is 27.6 Å². The molecule has 0 N–H and O–H groups in total. The number of aryl methyl sites for hydroxylation is 1. The van der Waals surface area contributed by atoms with Crippen LogP contribution in [0.1, 0.15) is 58.7 Å². The molecule has 0 saturated heterocycles. The van der Waals surface area contributed by atoms with Gasteiger partial charge in [-0.2, -0.15) is 9.88 Å². The number of sulfonamides is 1. The zero-order chi connectivity index (χ0) is 26.8. The van der Waals surface area contributed by atoms with Gasteiger partial charge in [0, 0.05) is 11.1 Å². The Hall–Kier alpha value is -1.36. The first-order valence-corrected chi connectivity index (χ1v) is 13.2. The van der Waals surface area contributed by atoms with Crippen molar-refractivity contribution in [1.82, 2.24) is 4.31 Å². The predicted octanol–water partition coefficient (Wildman–Crippen LogP) is 6.73. The molecule has 0 saturated carbocycles. The summed E-state index contributed by atoms with van der Waals surface area (Å²) >= 11 is 6.04. The van der Waals surface area contributed by atoms with Crippen LogP contribution in [-0.2, 0) is 19.6 Å². The maximum atomic E-state index is 13.7. The Labute approximate surface area is 246 Å². The molecule has 2 aromatic carbocycles. The summed E-state index contributed by atoms with van der Waals surface area (Å²) in [5.41, 5.74) is 1.72. The van der Waals surface area contributed by atoms with Crippen molar-refractivity contribution < 1.29 is 49.1 Å². The van der Waals surface area contributed by atoms with Gasteiger partial charge in [-0.05, 0) is 68.5 Å². The fourth-order valence-electron chi connectivity index (χ4n) is 3.92. The minimum absolute atomic E-state index is 0. The molecule has 2 aromatic rings. The van der Waals surface area contributed by atoms with Gasteiger partial charge >= 0.3 is 31.1 Å². The molecule has 1 aliphatic heterocycles. The standard InChI is InChI=1S/C22H25ClNO2S.C6H11O2.U/c1-15-8-6-7-9-19(15)27(25,26)24-20(22(3,4)5)14-16(2)21(24)17-10-12-18(23)13-11-17;1-5(7)8-6(2,3)4;/h6-14,20-21H,2H2,1,3-5H3;1H2,2-4H3;/q2*-1;+2. The van der Waals surface area contributed by atoms with Crippen LogP contribution in [0.3, 0.4) is 0 Å². The van der Waals surface area contributed by atoms with Crippen molar-refractivity contribution in [3.05, 3.63) is 90.2 Å². The van der Waals surface area contributed by atoms with E-state index in [-0.39, 0.29) is 42.6 Å². The van der Waals surface area contributed by atoms with Gasteiger partial charge in [-0.3, -0.25) is 11.7 Å². The first-order valence-electron chi connectivity index (χ1n) is 11.4. The molecule has 5 nitrogen and oxygen atoms in total. The minimum atomic E-state index is -3.73. The number of esters is 1. The third-order valence-electron chi connectivity index (χ3n) is 5.39. The van der Waals surface area contributed by atoms with Gasteiger partial charge in [-0.25, -0.2) is 21.4 Å². The molecular formula is C28H36ClNO4SU. The van der Waals surface area contributed by atoms with Crippen LogP contribution < -0.4 is 0 Å². The normalized spacial score (nSPS) is 18.4. The van der Waals surface area contributed by atoms with Crippen LogP contribution in [0.25, 0.3) is 0 Å². The third-order valence-corrected chi connectivity index (χ3v) is 7.65. The molecule has 0 fully saturated rings. The SMILES string of the molecule is [CH2-]C(=O)OC(C)(C)C.[CH2-]C1=CC(C(C)(C)C)N(S(=O)(=O)c2ccccc2C)C1c1ccc(Cl)cc1.[U+2]. The molecular weight excluding hydrogens is 720 g/mol. The summed E-state index contributed by atoms with van der Waals surface area (Å²) in [6.45, 7) is 20.6. The van der Waals surface area contributed by atoms with Gasteiger partial charge in [0.25, 0.3) is 0 Å². The molecule has 0 radical (unpaired) electrons. The Balaban J connectivity index is 0.000000625. The predicted molar refractivity (Wildman–Crippen MR) is 142 cm³/mol. The molecule has 0 spiro atoms. The molecule has 0 aromatic heterocycles. The van der Waals surface area contributed by atoms with Crippen molar-refractivity contribution in [2.75, 3.05) is 0 Å². The van der Waals surface area contributed by atoms with E-state index in [9.17, 15) is 13.2 Å². The second kappa shape index (κ2) is 12.5. The third kappa shape index (κ3) is 8.33. The number of hydrogen-bond acceptors (Lipinski definition) is 4. The van der Waals surface area contributed by atoms with Gasteiger partial charge in [-0.1, -0.05) is 62.7 Å². The largest absolute Gasteiger partial charge is 2.00 e. The maximum absolute atomic E-state index is 13.7. The zero-order valence-corrected chi connectivity index (χ0v) is 27.9. The first-order chi connectivity index (χ1) is 15.9. The fourth-order valence-corrected chi connectivity index (χ4v) is 6.21. The van der Waals surface area contributed by atoms with E-state index in [1.54, 1.807) is 49.3 Å². The van der Waals surface area contributed by atoms with E-state index in [0.717, 1.165) is 16.7 Å². The summed E-state index contributed by atoms with van der Waals surface area (Å²) in [5, 5.41) is 0.618. The Kier molecular flexibility index (Phi) is 11.3. The average Bonchev–Trinajstić information content (AvgIpc) is 3.06. The number of carbonyl (C=O) groups excluding carboxylic acids is 1. The Morgan fingerprint density at radius 1 is 1.00 bits per heavy atom. The molecule has 1 heterocycles.